The van der Waals surface area contributed by atoms with E-state index in [9.17, 15) is 19.8 Å². The molecule has 0 radical (unpaired) electrons. The van der Waals surface area contributed by atoms with E-state index in [1.165, 1.54) is 218 Å². The first-order valence-corrected chi connectivity index (χ1v) is 28.4. The van der Waals surface area contributed by atoms with Gasteiger partial charge in [-0.3, -0.25) is 9.59 Å². The summed E-state index contributed by atoms with van der Waals surface area (Å²) in [5.41, 5.74) is 0. The molecule has 0 aromatic rings. The van der Waals surface area contributed by atoms with Crippen LogP contribution in [-0.4, -0.2) is 46.9 Å². The van der Waals surface area contributed by atoms with Crippen molar-refractivity contribution in [1.82, 2.24) is 5.32 Å². The van der Waals surface area contributed by atoms with Gasteiger partial charge in [-0.05, 0) is 51.4 Å². The smallest absolute Gasteiger partial charge is 0.306 e. The van der Waals surface area contributed by atoms with Gasteiger partial charge in [0.1, 0.15) is 6.10 Å². The standard InChI is InChI=1S/C57H111NO5/c1-4-7-10-13-16-19-21-23-25-27-29-31-33-35-38-41-44-47-50-57(62)63-53(48-45-42-39-37-34-32-30-28-26-24-22-20-17-14-11-8-5-2)51-56(61)58-54(52-59)55(60)49-46-43-40-36-18-15-12-9-6-3/h24,26,53-55,59-60H,4-23,25,27-52H2,1-3H3,(H,58,61)/b26-24+. The van der Waals surface area contributed by atoms with Gasteiger partial charge < -0.3 is 20.3 Å². The van der Waals surface area contributed by atoms with Crippen LogP contribution in [0, 0.1) is 0 Å². The summed E-state index contributed by atoms with van der Waals surface area (Å²) in [5, 5.41) is 23.8. The Kier molecular flexibility index (Phi) is 50.4. The predicted molar refractivity (Wildman–Crippen MR) is 273 cm³/mol. The lowest BCUT2D eigenvalue weighted by Crippen LogP contribution is -2.46. The van der Waals surface area contributed by atoms with Gasteiger partial charge in [0.25, 0.3) is 0 Å². The van der Waals surface area contributed by atoms with Gasteiger partial charge >= 0.3 is 5.97 Å². The maximum Gasteiger partial charge on any atom is 0.306 e. The van der Waals surface area contributed by atoms with E-state index in [0.717, 1.165) is 51.4 Å². The summed E-state index contributed by atoms with van der Waals surface area (Å²) in [4.78, 5) is 26.2. The normalized spacial score (nSPS) is 13.2. The van der Waals surface area contributed by atoms with Crippen LogP contribution in [0.3, 0.4) is 0 Å². The fourth-order valence-electron chi connectivity index (χ4n) is 9.02. The second kappa shape index (κ2) is 51.6. The number of hydrogen-bond acceptors (Lipinski definition) is 5. The lowest BCUT2D eigenvalue weighted by Gasteiger charge is -2.24. The summed E-state index contributed by atoms with van der Waals surface area (Å²) >= 11 is 0. The van der Waals surface area contributed by atoms with Crippen molar-refractivity contribution in [2.75, 3.05) is 6.61 Å². The van der Waals surface area contributed by atoms with Gasteiger partial charge in [0.05, 0.1) is 25.2 Å². The molecule has 63 heavy (non-hydrogen) atoms. The highest BCUT2D eigenvalue weighted by molar-refractivity contribution is 5.77. The lowest BCUT2D eigenvalue weighted by atomic mass is 10.0. The van der Waals surface area contributed by atoms with Crippen molar-refractivity contribution < 1.29 is 24.5 Å². The number of carbonyl (C=O) groups is 2. The number of esters is 1. The Morgan fingerprint density at radius 3 is 1.13 bits per heavy atom. The SMILES string of the molecule is CCCCCCCC/C=C/CCCCCCCCCC(CC(=O)NC(CO)C(O)CCCCCCCCCCC)OC(=O)CCCCCCCCCCCCCCCCCCCC. The van der Waals surface area contributed by atoms with E-state index in [1.807, 2.05) is 0 Å². The number of amides is 1. The molecule has 0 fully saturated rings. The number of ether oxygens (including phenoxy) is 1. The van der Waals surface area contributed by atoms with Gasteiger partial charge in [-0.2, -0.15) is 0 Å². The first-order chi connectivity index (χ1) is 31.0. The van der Waals surface area contributed by atoms with E-state index in [-0.39, 0.29) is 24.9 Å². The zero-order chi connectivity index (χ0) is 45.9. The fourth-order valence-corrected chi connectivity index (χ4v) is 9.02. The summed E-state index contributed by atoms with van der Waals surface area (Å²) in [6.45, 7) is 6.50. The molecule has 3 unspecified atom stereocenters. The first-order valence-electron chi connectivity index (χ1n) is 28.4. The molecule has 0 saturated carbocycles. The van der Waals surface area contributed by atoms with Crippen LogP contribution in [0.15, 0.2) is 12.2 Å². The van der Waals surface area contributed by atoms with Crippen LogP contribution in [0.4, 0.5) is 0 Å². The number of carbonyl (C=O) groups excluding carboxylic acids is 2. The van der Waals surface area contributed by atoms with Gasteiger partial charge in [-0.25, -0.2) is 0 Å². The Morgan fingerprint density at radius 1 is 0.444 bits per heavy atom. The van der Waals surface area contributed by atoms with Crippen LogP contribution in [0.5, 0.6) is 0 Å². The van der Waals surface area contributed by atoms with Gasteiger partial charge in [0.15, 0.2) is 0 Å². The molecule has 0 aromatic carbocycles. The minimum atomic E-state index is -0.782. The Labute approximate surface area is 393 Å². The highest BCUT2D eigenvalue weighted by Crippen LogP contribution is 2.19. The molecule has 0 aliphatic heterocycles. The predicted octanol–water partition coefficient (Wildman–Crippen LogP) is 17.3. The van der Waals surface area contributed by atoms with E-state index < -0.39 is 18.2 Å². The molecule has 3 atom stereocenters. The molecule has 0 aromatic heterocycles. The Morgan fingerprint density at radius 2 is 0.762 bits per heavy atom. The van der Waals surface area contributed by atoms with Crippen molar-refractivity contribution in [1.29, 1.82) is 0 Å². The van der Waals surface area contributed by atoms with E-state index in [2.05, 4.69) is 38.2 Å². The van der Waals surface area contributed by atoms with Crippen LogP contribution in [-0.2, 0) is 14.3 Å². The quantitative estimate of drug-likeness (QED) is 0.0321. The lowest BCUT2D eigenvalue weighted by molar-refractivity contribution is -0.151. The number of allylic oxidation sites excluding steroid dienone is 2. The first kappa shape index (κ1) is 61.6. The van der Waals surface area contributed by atoms with Crippen LogP contribution < -0.4 is 5.32 Å². The molecular weight excluding hydrogens is 779 g/mol. The third-order valence-electron chi connectivity index (χ3n) is 13.3. The topological polar surface area (TPSA) is 95.9 Å². The summed E-state index contributed by atoms with van der Waals surface area (Å²) < 4.78 is 5.96. The summed E-state index contributed by atoms with van der Waals surface area (Å²) in [7, 11) is 0. The zero-order valence-corrected chi connectivity index (χ0v) is 42.7. The number of aliphatic hydroxyl groups is 2. The van der Waals surface area contributed by atoms with E-state index >= 15 is 0 Å². The molecular formula is C57H111NO5. The van der Waals surface area contributed by atoms with Crippen molar-refractivity contribution in [2.24, 2.45) is 0 Å². The van der Waals surface area contributed by atoms with Crippen molar-refractivity contribution in [3.8, 4) is 0 Å². The van der Waals surface area contributed by atoms with Crippen molar-refractivity contribution in [3.05, 3.63) is 12.2 Å². The summed E-state index contributed by atoms with van der Waals surface area (Å²) in [5.74, 6) is -0.457. The molecule has 0 rings (SSSR count). The largest absolute Gasteiger partial charge is 0.462 e. The molecule has 374 valence electrons. The van der Waals surface area contributed by atoms with Gasteiger partial charge in [-0.1, -0.05) is 264 Å². The maximum absolute atomic E-state index is 13.2. The second-order valence-corrected chi connectivity index (χ2v) is 19.7. The van der Waals surface area contributed by atoms with Crippen molar-refractivity contribution in [3.63, 3.8) is 0 Å². The Bertz CT molecular complexity index is 955. The third-order valence-corrected chi connectivity index (χ3v) is 13.3. The minimum Gasteiger partial charge on any atom is -0.462 e. The van der Waals surface area contributed by atoms with Crippen molar-refractivity contribution in [2.45, 2.75) is 334 Å². The number of unbranched alkanes of at least 4 members (excludes halogenated alkanes) is 38. The maximum atomic E-state index is 13.2. The minimum absolute atomic E-state index is 0.0818. The van der Waals surface area contributed by atoms with Crippen LogP contribution in [0.1, 0.15) is 316 Å². The molecule has 6 nitrogen and oxygen atoms in total. The molecule has 0 bridgehead atoms. The Balaban J connectivity index is 4.48. The van der Waals surface area contributed by atoms with E-state index in [1.54, 1.807) is 0 Å². The number of hydrogen-bond donors (Lipinski definition) is 3. The highest BCUT2D eigenvalue weighted by Gasteiger charge is 2.24. The highest BCUT2D eigenvalue weighted by atomic mass is 16.5. The number of rotatable bonds is 52. The Hall–Kier alpha value is -1.40. The molecule has 1 amide bonds. The van der Waals surface area contributed by atoms with E-state index in [0.29, 0.717) is 19.3 Å². The van der Waals surface area contributed by atoms with E-state index in [4.69, 9.17) is 4.74 Å². The van der Waals surface area contributed by atoms with Gasteiger partial charge in [-0.15, -0.1) is 0 Å². The number of nitrogens with one attached hydrogen (secondary N) is 1. The molecule has 0 saturated heterocycles. The average molecular weight is 891 g/mol. The van der Waals surface area contributed by atoms with Crippen LogP contribution >= 0.6 is 0 Å². The zero-order valence-electron chi connectivity index (χ0n) is 42.7. The third kappa shape index (κ3) is 46.9. The fraction of sp³-hybridized carbons (Fsp3) is 0.930. The van der Waals surface area contributed by atoms with Crippen LogP contribution in [0.25, 0.3) is 0 Å². The van der Waals surface area contributed by atoms with Crippen molar-refractivity contribution >= 4 is 11.9 Å². The second-order valence-electron chi connectivity index (χ2n) is 19.7. The molecule has 0 spiro atoms. The molecule has 0 aliphatic rings. The monoisotopic (exact) mass is 890 g/mol. The summed E-state index contributed by atoms with van der Waals surface area (Å²) in [6.07, 6.45) is 58.6. The summed E-state index contributed by atoms with van der Waals surface area (Å²) in [6, 6.07) is -0.696. The molecule has 3 N–H and O–H groups in total. The number of aliphatic hydroxyl groups excluding tert-OH is 2. The van der Waals surface area contributed by atoms with Gasteiger partial charge in [0, 0.05) is 6.42 Å². The molecule has 0 heterocycles. The molecule has 0 aliphatic carbocycles. The molecule has 6 heteroatoms. The van der Waals surface area contributed by atoms with Gasteiger partial charge in [0.2, 0.25) is 5.91 Å². The average Bonchev–Trinajstić information content (AvgIpc) is 3.28. The van der Waals surface area contributed by atoms with Crippen LogP contribution in [0.2, 0.25) is 0 Å².